The summed E-state index contributed by atoms with van der Waals surface area (Å²) in [5.41, 5.74) is 1.05. The maximum absolute atomic E-state index is 14.2. The van der Waals surface area contributed by atoms with Gasteiger partial charge in [0.05, 0.1) is 12.3 Å². The molecule has 0 aromatic heterocycles. The average molecular weight is 402 g/mol. The fraction of sp³-hybridized carbons (Fsp3) is 0.211. The predicted octanol–water partition coefficient (Wildman–Crippen LogP) is 3.54. The lowest BCUT2D eigenvalue weighted by atomic mass is 9.90. The molecule has 1 spiro atoms. The summed E-state index contributed by atoms with van der Waals surface area (Å²) >= 11 is 0.793. The van der Waals surface area contributed by atoms with Gasteiger partial charge in [-0.15, -0.1) is 0 Å². The Morgan fingerprint density at radius 1 is 1.29 bits per heavy atom. The van der Waals surface area contributed by atoms with E-state index < -0.39 is 27.8 Å². The molecule has 0 saturated carbocycles. The van der Waals surface area contributed by atoms with E-state index in [9.17, 15) is 18.8 Å². The van der Waals surface area contributed by atoms with E-state index in [1.807, 2.05) is 18.2 Å². The van der Waals surface area contributed by atoms with Crippen molar-refractivity contribution in [3.8, 4) is 5.75 Å². The molecule has 1 atom stereocenters. The third-order valence-electron chi connectivity index (χ3n) is 4.49. The zero-order valence-electron chi connectivity index (χ0n) is 14.5. The van der Waals surface area contributed by atoms with Crippen molar-refractivity contribution in [3.05, 3.63) is 59.4 Å². The van der Waals surface area contributed by atoms with Crippen LogP contribution in [-0.4, -0.2) is 23.8 Å². The highest BCUT2D eigenvalue weighted by molar-refractivity contribution is 8.15. The van der Waals surface area contributed by atoms with Gasteiger partial charge in [-0.2, -0.15) is 0 Å². The van der Waals surface area contributed by atoms with Crippen molar-refractivity contribution < 1.29 is 28.2 Å². The molecule has 7 nitrogen and oxygen atoms in total. The fourth-order valence-corrected chi connectivity index (χ4v) is 4.26. The topological polar surface area (TPSA) is 93.7 Å². The number of hydrogen-bond acceptors (Lipinski definition) is 6. The molecule has 2 heterocycles. The van der Waals surface area contributed by atoms with Crippen LogP contribution in [0.25, 0.3) is 0 Å². The first kappa shape index (κ1) is 18.3. The molecule has 2 aromatic carbocycles. The number of amides is 3. The number of nitrogens with one attached hydrogen (secondary N) is 2. The lowest BCUT2D eigenvalue weighted by Crippen LogP contribution is -2.39. The maximum Gasteiger partial charge on any atom is 0.412 e. The summed E-state index contributed by atoms with van der Waals surface area (Å²) < 4.78 is 23.7. The second-order valence-corrected chi connectivity index (χ2v) is 7.56. The van der Waals surface area contributed by atoms with E-state index in [1.165, 1.54) is 0 Å². The Morgan fingerprint density at radius 2 is 2.07 bits per heavy atom. The number of hydrogen-bond donors (Lipinski definition) is 2. The number of carbonyl (C=O) groups excluding carboxylic acids is 3. The van der Waals surface area contributed by atoms with Crippen LogP contribution in [0.4, 0.5) is 19.7 Å². The molecule has 2 aromatic rings. The highest BCUT2D eigenvalue weighted by Crippen LogP contribution is 2.52. The van der Waals surface area contributed by atoms with Crippen LogP contribution in [0.5, 0.6) is 5.75 Å². The lowest BCUT2D eigenvalue weighted by molar-refractivity contribution is -0.122. The van der Waals surface area contributed by atoms with Crippen LogP contribution in [-0.2, 0) is 20.9 Å². The van der Waals surface area contributed by atoms with Crippen LogP contribution in [0.3, 0.4) is 0 Å². The Hall–Kier alpha value is -3.07. The number of imide groups is 1. The van der Waals surface area contributed by atoms with E-state index in [0.29, 0.717) is 0 Å². The van der Waals surface area contributed by atoms with Gasteiger partial charge in [-0.1, -0.05) is 30.3 Å². The van der Waals surface area contributed by atoms with Gasteiger partial charge in [0.25, 0.3) is 5.24 Å². The molecular formula is C19H15FN2O5S. The molecule has 0 aliphatic carbocycles. The molecule has 2 aliphatic heterocycles. The quantitative estimate of drug-likeness (QED) is 0.816. The minimum Gasteiger partial charge on any atom is -0.491 e. The van der Waals surface area contributed by atoms with Crippen molar-refractivity contribution in [1.29, 1.82) is 0 Å². The zero-order valence-corrected chi connectivity index (χ0v) is 15.3. The molecule has 144 valence electrons. The second kappa shape index (κ2) is 7.16. The van der Waals surface area contributed by atoms with E-state index in [-0.39, 0.29) is 36.6 Å². The van der Waals surface area contributed by atoms with Crippen molar-refractivity contribution in [2.45, 2.75) is 17.8 Å². The monoisotopic (exact) mass is 402 g/mol. The van der Waals surface area contributed by atoms with Gasteiger partial charge in [-0.05, 0) is 23.4 Å². The lowest BCUT2D eigenvalue weighted by Gasteiger charge is -2.32. The van der Waals surface area contributed by atoms with Crippen LogP contribution < -0.4 is 15.4 Å². The molecule has 0 radical (unpaired) electrons. The van der Waals surface area contributed by atoms with Crippen molar-refractivity contribution in [1.82, 2.24) is 5.32 Å². The fourth-order valence-electron chi connectivity index (χ4n) is 3.21. The molecular weight excluding hydrogens is 387 g/mol. The molecule has 1 saturated heterocycles. The van der Waals surface area contributed by atoms with E-state index >= 15 is 0 Å². The number of fused-ring (bicyclic) bond motifs is 2. The van der Waals surface area contributed by atoms with Gasteiger partial charge in [0, 0.05) is 18.1 Å². The first-order chi connectivity index (χ1) is 13.5. The molecule has 4 rings (SSSR count). The van der Waals surface area contributed by atoms with Gasteiger partial charge in [0.2, 0.25) is 5.91 Å². The number of anilines is 1. The highest BCUT2D eigenvalue weighted by Gasteiger charge is 2.53. The van der Waals surface area contributed by atoms with Gasteiger partial charge in [-0.3, -0.25) is 20.2 Å². The molecule has 2 aliphatic rings. The average Bonchev–Trinajstić information content (AvgIpc) is 2.95. The van der Waals surface area contributed by atoms with Crippen LogP contribution in [0.1, 0.15) is 17.5 Å². The predicted molar refractivity (Wildman–Crippen MR) is 99.6 cm³/mol. The second-order valence-electron chi connectivity index (χ2n) is 6.29. The first-order valence-corrected chi connectivity index (χ1v) is 9.28. The van der Waals surface area contributed by atoms with Crippen molar-refractivity contribution in [2.75, 3.05) is 11.9 Å². The summed E-state index contributed by atoms with van der Waals surface area (Å²) in [5.74, 6) is -1.04. The third kappa shape index (κ3) is 3.29. The summed E-state index contributed by atoms with van der Waals surface area (Å²) in [4.78, 5) is 36.3. The van der Waals surface area contributed by atoms with Gasteiger partial charge in [0.15, 0.2) is 0 Å². The standard InChI is InChI=1S/C19H15FN2O5S/c20-12-8-13-15(26-7-6-19(13)16(23)22-18(25)28-19)14(9-12)21-17(24)27-10-11-4-2-1-3-5-11/h1-5,8-9H,6-7,10H2,(H,21,24)(H,22,23,25). The normalized spacial score (nSPS) is 20.3. The minimum absolute atomic E-state index is 0.0416. The van der Waals surface area contributed by atoms with Gasteiger partial charge in [-0.25, -0.2) is 9.18 Å². The number of halogens is 1. The third-order valence-corrected chi connectivity index (χ3v) is 5.73. The smallest absolute Gasteiger partial charge is 0.412 e. The Morgan fingerprint density at radius 3 is 2.79 bits per heavy atom. The number of carbonyl (C=O) groups is 3. The Bertz CT molecular complexity index is 968. The Kier molecular flexibility index (Phi) is 4.68. The van der Waals surface area contributed by atoms with Crippen molar-refractivity contribution in [2.24, 2.45) is 0 Å². The summed E-state index contributed by atoms with van der Waals surface area (Å²) in [6, 6.07) is 11.3. The maximum atomic E-state index is 14.2. The molecule has 2 N–H and O–H groups in total. The summed E-state index contributed by atoms with van der Waals surface area (Å²) in [6.07, 6.45) is -0.580. The SMILES string of the molecule is O=C(Nc1cc(F)cc2c1OCCC21SC(=O)NC1=O)OCc1ccccc1. The van der Waals surface area contributed by atoms with Crippen molar-refractivity contribution >= 4 is 34.7 Å². The molecule has 1 fully saturated rings. The molecule has 1 unspecified atom stereocenters. The number of ether oxygens (including phenoxy) is 2. The van der Waals surface area contributed by atoms with E-state index in [2.05, 4.69) is 10.6 Å². The number of thioether (sulfide) groups is 1. The largest absolute Gasteiger partial charge is 0.491 e. The van der Waals surface area contributed by atoms with Crippen LogP contribution in [0.15, 0.2) is 42.5 Å². The first-order valence-electron chi connectivity index (χ1n) is 8.47. The Balaban J connectivity index is 1.59. The van der Waals surface area contributed by atoms with E-state index in [1.54, 1.807) is 12.1 Å². The minimum atomic E-state index is -1.27. The Labute approximate surface area is 163 Å². The van der Waals surface area contributed by atoms with Gasteiger partial charge < -0.3 is 9.47 Å². The highest BCUT2D eigenvalue weighted by atomic mass is 32.2. The molecule has 9 heteroatoms. The molecule has 3 amide bonds. The number of rotatable bonds is 3. The summed E-state index contributed by atoms with van der Waals surface area (Å²) in [5, 5.41) is 4.19. The zero-order chi connectivity index (χ0) is 19.7. The molecule has 28 heavy (non-hydrogen) atoms. The van der Waals surface area contributed by atoms with Crippen LogP contribution >= 0.6 is 11.8 Å². The number of benzene rings is 2. The van der Waals surface area contributed by atoms with Crippen LogP contribution in [0.2, 0.25) is 0 Å². The van der Waals surface area contributed by atoms with Gasteiger partial charge >= 0.3 is 6.09 Å². The summed E-state index contributed by atoms with van der Waals surface area (Å²) in [6.45, 7) is 0.182. The molecule has 0 bridgehead atoms. The van der Waals surface area contributed by atoms with Crippen molar-refractivity contribution in [3.63, 3.8) is 0 Å². The van der Waals surface area contributed by atoms with Crippen LogP contribution in [0, 0.1) is 5.82 Å². The van der Waals surface area contributed by atoms with E-state index in [4.69, 9.17) is 9.47 Å². The van der Waals surface area contributed by atoms with E-state index in [0.717, 1.165) is 29.5 Å². The summed E-state index contributed by atoms with van der Waals surface area (Å²) in [7, 11) is 0. The van der Waals surface area contributed by atoms with Gasteiger partial charge in [0.1, 0.15) is 22.9 Å².